The fraction of sp³-hybridized carbons (Fsp3) is 0.286. The average molecular weight is 363 g/mol. The summed E-state index contributed by atoms with van der Waals surface area (Å²) < 4.78 is 13.7. The molecule has 2 amide bonds. The molecule has 0 bridgehead atoms. The van der Waals surface area contributed by atoms with E-state index in [1.165, 1.54) is 4.90 Å². The number of rotatable bonds is 3. The molecule has 0 saturated carbocycles. The first kappa shape index (κ1) is 17.2. The number of carbonyl (C=O) groups excluding carboxylic acids is 2. The van der Waals surface area contributed by atoms with Gasteiger partial charge in [0, 0.05) is 19.5 Å². The third kappa shape index (κ3) is 3.06. The highest BCUT2D eigenvalue weighted by Gasteiger charge is 2.39. The maximum absolute atomic E-state index is 13.7. The van der Waals surface area contributed by atoms with Gasteiger partial charge in [-0.3, -0.25) is 9.59 Å². The quantitative estimate of drug-likeness (QED) is 0.842. The summed E-state index contributed by atoms with van der Waals surface area (Å²) in [6.45, 7) is 0.777. The van der Waals surface area contributed by atoms with Gasteiger partial charge >= 0.3 is 0 Å². The number of fused-ring (bicyclic) bond motifs is 1. The van der Waals surface area contributed by atoms with E-state index in [9.17, 15) is 19.2 Å². The largest absolute Gasteiger partial charge is 0.330 e. The van der Waals surface area contributed by atoms with Crippen LogP contribution >= 0.6 is 0 Å². The Kier molecular flexibility index (Phi) is 4.36. The molecule has 6 heteroatoms. The van der Waals surface area contributed by atoms with E-state index in [1.54, 1.807) is 17.0 Å². The van der Waals surface area contributed by atoms with Crippen LogP contribution in [0.25, 0.3) is 0 Å². The van der Waals surface area contributed by atoms with Gasteiger partial charge in [-0.05, 0) is 17.2 Å². The van der Waals surface area contributed by atoms with Crippen molar-refractivity contribution < 1.29 is 14.0 Å². The average Bonchev–Trinajstić information content (AvgIpc) is 3.22. The third-order valence-corrected chi connectivity index (χ3v) is 5.12. The molecule has 4 rings (SSSR count). The lowest BCUT2D eigenvalue weighted by molar-refractivity contribution is 0.0727. The fourth-order valence-electron chi connectivity index (χ4n) is 3.82. The number of hydrogen-bond donors (Lipinski definition) is 0. The molecule has 0 spiro atoms. The van der Waals surface area contributed by atoms with Crippen molar-refractivity contribution in [2.45, 2.75) is 31.7 Å². The van der Waals surface area contributed by atoms with Crippen molar-refractivity contribution in [3.63, 3.8) is 0 Å². The molecule has 2 aromatic rings. The smallest absolute Gasteiger partial charge is 0.255 e. The Labute approximate surface area is 156 Å². The van der Waals surface area contributed by atoms with Gasteiger partial charge in [-0.2, -0.15) is 5.26 Å². The molecular formula is C21H18FN3O2. The first-order valence-electron chi connectivity index (χ1n) is 8.88. The van der Waals surface area contributed by atoms with Crippen LogP contribution in [0.1, 0.15) is 38.3 Å². The van der Waals surface area contributed by atoms with E-state index in [0.717, 1.165) is 11.1 Å². The van der Waals surface area contributed by atoms with Gasteiger partial charge in [-0.15, -0.1) is 0 Å². The monoisotopic (exact) mass is 363 g/mol. The second-order valence-electron chi connectivity index (χ2n) is 6.92. The van der Waals surface area contributed by atoms with Crippen LogP contribution < -0.4 is 0 Å². The minimum absolute atomic E-state index is 0.0192. The Morgan fingerprint density at radius 2 is 1.96 bits per heavy atom. The summed E-state index contributed by atoms with van der Waals surface area (Å²) in [5.41, 5.74) is 2.42. The van der Waals surface area contributed by atoms with E-state index >= 15 is 0 Å². The Hall–Kier alpha value is -3.20. The molecule has 0 unspecified atom stereocenters. The van der Waals surface area contributed by atoms with Gasteiger partial charge < -0.3 is 9.80 Å². The van der Waals surface area contributed by atoms with E-state index in [0.29, 0.717) is 18.7 Å². The topological polar surface area (TPSA) is 64.4 Å². The molecule has 0 aliphatic carbocycles. The molecule has 0 aromatic heterocycles. The molecule has 2 aromatic carbocycles. The van der Waals surface area contributed by atoms with Crippen molar-refractivity contribution in [1.29, 1.82) is 5.26 Å². The second kappa shape index (κ2) is 6.84. The van der Waals surface area contributed by atoms with E-state index in [1.807, 2.05) is 42.5 Å². The predicted octanol–water partition coefficient (Wildman–Crippen LogP) is 2.92. The SMILES string of the molecule is N#C[C@@H]1C[C@H](F)CN1C(=O)c1cccc2c1C(=O)N(Cc1ccccc1)C2. The van der Waals surface area contributed by atoms with Gasteiger partial charge in [0.1, 0.15) is 12.2 Å². The maximum atomic E-state index is 13.7. The molecule has 1 saturated heterocycles. The molecule has 2 atom stereocenters. The minimum Gasteiger partial charge on any atom is -0.330 e. The first-order valence-corrected chi connectivity index (χ1v) is 8.88. The van der Waals surface area contributed by atoms with Crippen molar-refractivity contribution in [2.75, 3.05) is 6.54 Å². The van der Waals surface area contributed by atoms with Crippen molar-refractivity contribution in [1.82, 2.24) is 9.80 Å². The Balaban J connectivity index is 1.62. The highest BCUT2D eigenvalue weighted by Crippen LogP contribution is 2.30. The Morgan fingerprint density at radius 3 is 2.70 bits per heavy atom. The zero-order chi connectivity index (χ0) is 19.0. The van der Waals surface area contributed by atoms with Gasteiger partial charge in [-0.25, -0.2) is 4.39 Å². The van der Waals surface area contributed by atoms with Gasteiger partial charge in [0.05, 0.1) is 23.7 Å². The summed E-state index contributed by atoms with van der Waals surface area (Å²) in [5.74, 6) is -0.657. The summed E-state index contributed by atoms with van der Waals surface area (Å²) in [4.78, 5) is 28.9. The van der Waals surface area contributed by atoms with Gasteiger partial charge in [-0.1, -0.05) is 42.5 Å². The van der Waals surface area contributed by atoms with E-state index in [2.05, 4.69) is 0 Å². The van der Waals surface area contributed by atoms with Crippen LogP contribution in [0.2, 0.25) is 0 Å². The summed E-state index contributed by atoms with van der Waals surface area (Å²) in [6, 6.07) is 16.0. The number of likely N-dealkylation sites (tertiary alicyclic amines) is 1. The Morgan fingerprint density at radius 1 is 1.19 bits per heavy atom. The summed E-state index contributed by atoms with van der Waals surface area (Å²) >= 11 is 0. The lowest BCUT2D eigenvalue weighted by atomic mass is 10.0. The minimum atomic E-state index is -1.21. The fourth-order valence-corrected chi connectivity index (χ4v) is 3.82. The Bertz CT molecular complexity index is 938. The number of hydrogen-bond acceptors (Lipinski definition) is 3. The molecule has 0 N–H and O–H groups in total. The molecule has 2 aliphatic rings. The number of benzene rings is 2. The molecule has 0 radical (unpaired) electrons. The summed E-state index contributed by atoms with van der Waals surface area (Å²) in [6.07, 6.45) is -1.19. The third-order valence-electron chi connectivity index (χ3n) is 5.12. The normalized spacial score (nSPS) is 21.3. The van der Waals surface area contributed by atoms with Crippen molar-refractivity contribution >= 4 is 11.8 Å². The van der Waals surface area contributed by atoms with E-state index in [-0.39, 0.29) is 24.4 Å². The number of nitriles is 1. The standard InChI is InChI=1S/C21H18FN3O2/c22-16-9-17(10-23)25(13-16)20(26)18-8-4-7-15-12-24(21(27)19(15)18)11-14-5-2-1-3-6-14/h1-8,16-17H,9,11-13H2/t16-,17-/m0/s1. The van der Waals surface area contributed by atoms with Crippen LogP contribution in [-0.4, -0.2) is 40.4 Å². The van der Waals surface area contributed by atoms with Crippen LogP contribution in [0.4, 0.5) is 4.39 Å². The van der Waals surface area contributed by atoms with Crippen LogP contribution in [0.3, 0.4) is 0 Å². The van der Waals surface area contributed by atoms with Gasteiger partial charge in [0.25, 0.3) is 11.8 Å². The van der Waals surface area contributed by atoms with Crippen molar-refractivity contribution in [2.24, 2.45) is 0 Å². The zero-order valence-electron chi connectivity index (χ0n) is 14.6. The van der Waals surface area contributed by atoms with Crippen LogP contribution in [-0.2, 0) is 13.1 Å². The lowest BCUT2D eigenvalue weighted by Gasteiger charge is -2.20. The number of nitrogens with zero attached hydrogens (tertiary/aromatic N) is 3. The highest BCUT2D eigenvalue weighted by molar-refractivity contribution is 6.09. The van der Waals surface area contributed by atoms with Gasteiger partial charge in [0.15, 0.2) is 0 Å². The molecule has 2 aliphatic heterocycles. The molecular weight excluding hydrogens is 345 g/mol. The predicted molar refractivity (Wildman–Crippen MR) is 96.4 cm³/mol. The number of amides is 2. The number of carbonyl (C=O) groups is 2. The van der Waals surface area contributed by atoms with Crippen LogP contribution in [0.15, 0.2) is 48.5 Å². The van der Waals surface area contributed by atoms with Crippen LogP contribution in [0, 0.1) is 11.3 Å². The molecule has 1 fully saturated rings. The maximum Gasteiger partial charge on any atom is 0.255 e. The molecule has 2 heterocycles. The second-order valence-corrected chi connectivity index (χ2v) is 6.92. The van der Waals surface area contributed by atoms with Crippen molar-refractivity contribution in [3.05, 3.63) is 70.8 Å². The van der Waals surface area contributed by atoms with Gasteiger partial charge in [0.2, 0.25) is 0 Å². The summed E-state index contributed by atoms with van der Waals surface area (Å²) in [7, 11) is 0. The van der Waals surface area contributed by atoms with E-state index in [4.69, 9.17) is 0 Å². The van der Waals surface area contributed by atoms with E-state index < -0.39 is 18.1 Å². The number of alkyl halides is 1. The zero-order valence-corrected chi connectivity index (χ0v) is 14.6. The van der Waals surface area contributed by atoms with Crippen LogP contribution in [0.5, 0.6) is 0 Å². The molecule has 5 nitrogen and oxygen atoms in total. The first-order chi connectivity index (χ1) is 13.1. The van der Waals surface area contributed by atoms with Crippen molar-refractivity contribution in [3.8, 4) is 6.07 Å². The molecule has 136 valence electrons. The number of halogens is 1. The highest BCUT2D eigenvalue weighted by atomic mass is 19.1. The lowest BCUT2D eigenvalue weighted by Crippen LogP contribution is -2.36. The molecule has 27 heavy (non-hydrogen) atoms. The summed E-state index contributed by atoms with van der Waals surface area (Å²) in [5, 5.41) is 9.22.